The molecule has 0 aliphatic heterocycles. The van der Waals surface area contributed by atoms with Crippen LogP contribution in [0.5, 0.6) is 0 Å². The van der Waals surface area contributed by atoms with E-state index in [1.165, 1.54) is 37.3 Å². The van der Waals surface area contributed by atoms with Crippen LogP contribution in [0.1, 0.15) is 43.7 Å². The Morgan fingerprint density at radius 3 is 2.40 bits per heavy atom. The molecule has 1 saturated carbocycles. The molecule has 164 valence electrons. The first-order chi connectivity index (χ1) is 13.9. The topological polar surface area (TPSA) is 96.6 Å². The molecule has 1 aliphatic rings. The van der Waals surface area contributed by atoms with Crippen molar-refractivity contribution in [3.05, 3.63) is 65.7 Å². The third kappa shape index (κ3) is 6.42. The van der Waals surface area contributed by atoms with Gasteiger partial charge in [-0.3, -0.25) is 0 Å². The number of nitrogens with zero attached hydrogens (tertiary/aromatic N) is 1. The number of rotatable bonds is 7. The maximum absolute atomic E-state index is 11.6. The Labute approximate surface area is 196 Å². The summed E-state index contributed by atoms with van der Waals surface area (Å²) >= 11 is 0. The third-order valence-electron chi connectivity index (χ3n) is 5.53. The lowest BCUT2D eigenvalue weighted by Gasteiger charge is -2.30. The van der Waals surface area contributed by atoms with E-state index in [1.807, 2.05) is 13.0 Å². The number of guanidine groups is 1. The van der Waals surface area contributed by atoms with Gasteiger partial charge in [0.1, 0.15) is 0 Å². The molecular formula is C22H31IN4O2S. The van der Waals surface area contributed by atoms with E-state index in [9.17, 15) is 8.42 Å². The summed E-state index contributed by atoms with van der Waals surface area (Å²) in [5.41, 5.74) is 2.31. The summed E-state index contributed by atoms with van der Waals surface area (Å²) in [5.74, 6) is 0.732. The second-order valence-electron chi connectivity index (χ2n) is 7.59. The summed E-state index contributed by atoms with van der Waals surface area (Å²) < 4.78 is 23.1. The standard InChI is InChI=1S/C22H30N4O2S.HI/c1-2-24-21(25-16-18-9-8-12-20(15-18)29(23,27)28)26-17-22(13-6-7-14-22)19-10-4-3-5-11-19;/h3-5,8-12,15H,2,6-7,13-14,16-17H2,1H3,(H2,23,27,28)(H2,24,25,26);1H. The molecule has 0 spiro atoms. The fourth-order valence-electron chi connectivity index (χ4n) is 4.00. The van der Waals surface area contributed by atoms with Crippen molar-refractivity contribution in [2.45, 2.75) is 49.5 Å². The largest absolute Gasteiger partial charge is 0.357 e. The Morgan fingerprint density at radius 1 is 1.07 bits per heavy atom. The summed E-state index contributed by atoms with van der Waals surface area (Å²) in [5, 5.41) is 12.0. The van der Waals surface area contributed by atoms with Gasteiger partial charge in [0.2, 0.25) is 10.0 Å². The molecule has 0 heterocycles. The van der Waals surface area contributed by atoms with Gasteiger partial charge in [-0.15, -0.1) is 24.0 Å². The number of primary sulfonamides is 1. The Kier molecular flexibility index (Phi) is 9.11. The number of benzene rings is 2. The molecule has 2 aromatic rings. The number of hydrogen-bond acceptors (Lipinski definition) is 3. The molecule has 6 nitrogen and oxygen atoms in total. The molecule has 0 atom stereocenters. The van der Waals surface area contributed by atoms with Crippen LogP contribution < -0.4 is 15.8 Å². The van der Waals surface area contributed by atoms with Crippen molar-refractivity contribution >= 4 is 40.0 Å². The van der Waals surface area contributed by atoms with Crippen LogP contribution in [0.4, 0.5) is 0 Å². The molecule has 8 heteroatoms. The number of sulfonamides is 1. The highest BCUT2D eigenvalue weighted by Gasteiger charge is 2.35. The fourth-order valence-corrected chi connectivity index (χ4v) is 4.58. The molecule has 4 N–H and O–H groups in total. The Balaban J connectivity index is 0.00000320. The van der Waals surface area contributed by atoms with Crippen molar-refractivity contribution in [3.8, 4) is 0 Å². The smallest absolute Gasteiger partial charge is 0.238 e. The van der Waals surface area contributed by atoms with Crippen molar-refractivity contribution in [2.75, 3.05) is 13.1 Å². The summed E-state index contributed by atoms with van der Waals surface area (Å²) in [6, 6.07) is 17.3. The average molecular weight is 542 g/mol. The Morgan fingerprint density at radius 2 is 1.77 bits per heavy atom. The first kappa shape index (κ1) is 24.6. The average Bonchev–Trinajstić information content (AvgIpc) is 3.21. The van der Waals surface area contributed by atoms with E-state index < -0.39 is 10.0 Å². The van der Waals surface area contributed by atoms with Gasteiger partial charge in [-0.05, 0) is 43.0 Å². The predicted octanol–water partition coefficient (Wildman–Crippen LogP) is 3.52. The van der Waals surface area contributed by atoms with Gasteiger partial charge in [-0.1, -0.05) is 55.3 Å². The van der Waals surface area contributed by atoms with Crippen LogP contribution in [0.15, 0.2) is 64.5 Å². The predicted molar refractivity (Wildman–Crippen MR) is 133 cm³/mol. The zero-order chi connectivity index (χ0) is 20.7. The first-order valence-corrected chi connectivity index (χ1v) is 11.7. The third-order valence-corrected chi connectivity index (χ3v) is 6.44. The minimum absolute atomic E-state index is 0. The van der Waals surface area contributed by atoms with E-state index in [0.717, 1.165) is 24.6 Å². The highest BCUT2D eigenvalue weighted by atomic mass is 127. The summed E-state index contributed by atoms with van der Waals surface area (Å²) in [6.07, 6.45) is 4.81. The maximum atomic E-state index is 11.6. The molecule has 30 heavy (non-hydrogen) atoms. The highest BCUT2D eigenvalue weighted by molar-refractivity contribution is 14.0. The monoisotopic (exact) mass is 542 g/mol. The summed E-state index contributed by atoms with van der Waals surface area (Å²) in [7, 11) is -3.71. The van der Waals surface area contributed by atoms with Crippen LogP contribution in [0.25, 0.3) is 0 Å². The van der Waals surface area contributed by atoms with Crippen LogP contribution in [0.2, 0.25) is 0 Å². The van der Waals surface area contributed by atoms with E-state index in [1.54, 1.807) is 12.1 Å². The van der Waals surface area contributed by atoms with E-state index in [4.69, 9.17) is 5.14 Å². The zero-order valence-electron chi connectivity index (χ0n) is 17.3. The van der Waals surface area contributed by atoms with E-state index in [0.29, 0.717) is 6.54 Å². The van der Waals surface area contributed by atoms with Crippen molar-refractivity contribution in [1.29, 1.82) is 0 Å². The SMILES string of the molecule is CCNC(=NCc1cccc(S(N)(=O)=O)c1)NCC1(c2ccccc2)CCCC1.I. The Bertz CT molecular complexity index is 943. The quantitative estimate of drug-likeness (QED) is 0.284. The lowest BCUT2D eigenvalue weighted by molar-refractivity contribution is 0.431. The molecule has 0 aromatic heterocycles. The highest BCUT2D eigenvalue weighted by Crippen LogP contribution is 2.40. The molecule has 1 aliphatic carbocycles. The second-order valence-corrected chi connectivity index (χ2v) is 9.16. The van der Waals surface area contributed by atoms with Crippen LogP contribution in [0.3, 0.4) is 0 Å². The van der Waals surface area contributed by atoms with Gasteiger partial charge in [0.15, 0.2) is 5.96 Å². The van der Waals surface area contributed by atoms with Gasteiger partial charge < -0.3 is 10.6 Å². The summed E-state index contributed by atoms with van der Waals surface area (Å²) in [6.45, 7) is 3.97. The van der Waals surface area contributed by atoms with Crippen LogP contribution in [-0.2, 0) is 22.0 Å². The van der Waals surface area contributed by atoms with Crippen LogP contribution >= 0.6 is 24.0 Å². The summed E-state index contributed by atoms with van der Waals surface area (Å²) in [4.78, 5) is 4.76. The fraction of sp³-hybridized carbons (Fsp3) is 0.409. The zero-order valence-corrected chi connectivity index (χ0v) is 20.5. The van der Waals surface area contributed by atoms with Crippen molar-refractivity contribution in [3.63, 3.8) is 0 Å². The van der Waals surface area contributed by atoms with E-state index in [-0.39, 0.29) is 34.3 Å². The number of hydrogen-bond donors (Lipinski definition) is 3. The second kappa shape index (κ2) is 11.1. The number of nitrogens with one attached hydrogen (secondary N) is 2. The normalized spacial score (nSPS) is 16.0. The minimum atomic E-state index is -3.71. The molecule has 0 unspecified atom stereocenters. The number of nitrogens with two attached hydrogens (primary N) is 1. The number of halogens is 1. The number of aliphatic imine (C=N–C) groups is 1. The van der Waals surface area contributed by atoms with Crippen molar-refractivity contribution in [2.24, 2.45) is 10.1 Å². The van der Waals surface area contributed by atoms with Crippen molar-refractivity contribution < 1.29 is 8.42 Å². The molecular weight excluding hydrogens is 511 g/mol. The lowest BCUT2D eigenvalue weighted by Crippen LogP contribution is -2.44. The van der Waals surface area contributed by atoms with Crippen LogP contribution in [-0.4, -0.2) is 27.5 Å². The maximum Gasteiger partial charge on any atom is 0.238 e. The molecule has 3 rings (SSSR count). The van der Waals surface area contributed by atoms with Gasteiger partial charge in [-0.2, -0.15) is 0 Å². The van der Waals surface area contributed by atoms with Gasteiger partial charge >= 0.3 is 0 Å². The van der Waals surface area contributed by atoms with Gasteiger partial charge in [0.05, 0.1) is 11.4 Å². The van der Waals surface area contributed by atoms with Gasteiger partial charge in [-0.25, -0.2) is 18.5 Å². The molecule has 0 bridgehead atoms. The molecule has 1 fully saturated rings. The van der Waals surface area contributed by atoms with Gasteiger partial charge in [0.25, 0.3) is 0 Å². The first-order valence-electron chi connectivity index (χ1n) is 10.1. The minimum Gasteiger partial charge on any atom is -0.357 e. The Hall–Kier alpha value is -1.65. The molecule has 0 radical (unpaired) electrons. The molecule has 0 saturated heterocycles. The van der Waals surface area contributed by atoms with E-state index >= 15 is 0 Å². The lowest BCUT2D eigenvalue weighted by atomic mass is 9.79. The van der Waals surface area contributed by atoms with E-state index in [2.05, 4.69) is 46.0 Å². The molecule has 0 amide bonds. The molecule has 2 aromatic carbocycles. The van der Waals surface area contributed by atoms with Crippen molar-refractivity contribution in [1.82, 2.24) is 10.6 Å². The van der Waals surface area contributed by atoms with Crippen LogP contribution in [0, 0.1) is 0 Å². The van der Waals surface area contributed by atoms with Gasteiger partial charge in [0, 0.05) is 18.5 Å².